The molecule has 4 rings (SSSR count). The third-order valence-corrected chi connectivity index (χ3v) is 11.0. The van der Waals surface area contributed by atoms with Crippen LogP contribution in [0, 0.1) is 0 Å². The van der Waals surface area contributed by atoms with Crippen LogP contribution in [-0.4, -0.2) is 69.1 Å². The Labute approximate surface area is 274 Å². The fourth-order valence-electron chi connectivity index (χ4n) is 4.56. The second kappa shape index (κ2) is 14.7. The lowest BCUT2D eigenvalue weighted by molar-refractivity contribution is -0.138. The molecule has 238 valence electrons. The van der Waals surface area contributed by atoms with Gasteiger partial charge in [-0.25, -0.2) is 0 Å². The van der Waals surface area contributed by atoms with Crippen LogP contribution < -0.4 is 25.0 Å². The summed E-state index contributed by atoms with van der Waals surface area (Å²) in [7, 11) is -4.19. The van der Waals surface area contributed by atoms with Gasteiger partial charge in [-0.1, -0.05) is 73.0 Å². The fraction of sp³-hybridized carbons (Fsp3) is 0.250. The van der Waals surface area contributed by atoms with E-state index in [0.29, 0.717) is 35.1 Å². The molecule has 12 nitrogen and oxygen atoms in total. The number of hydrogen-bond donors (Lipinski definition) is 4. The number of thioether (sulfide) groups is 2. The topological polar surface area (TPSA) is 183 Å². The van der Waals surface area contributed by atoms with Crippen molar-refractivity contribution in [3.05, 3.63) is 67.1 Å². The van der Waals surface area contributed by atoms with E-state index in [4.69, 9.17) is 17.3 Å². The summed E-state index contributed by atoms with van der Waals surface area (Å²) in [6, 6.07) is 11.7. The molecule has 1 aromatic heterocycles. The van der Waals surface area contributed by atoms with Gasteiger partial charge in [-0.15, -0.1) is 11.3 Å². The molecule has 0 spiro atoms. The molecule has 1 aliphatic heterocycles. The number of carboxylic acid groups (broad SMARTS) is 2. The minimum absolute atomic E-state index is 0.0431. The van der Waals surface area contributed by atoms with Crippen molar-refractivity contribution in [2.75, 3.05) is 23.7 Å². The van der Waals surface area contributed by atoms with Crippen molar-refractivity contribution in [1.29, 1.82) is 0 Å². The molecule has 2 heterocycles. The summed E-state index contributed by atoms with van der Waals surface area (Å²) < 4.78 is 33.5. The molecule has 2 aromatic carbocycles. The number of benzene rings is 2. The maximum absolute atomic E-state index is 13.7. The Morgan fingerprint density at radius 2 is 1.87 bits per heavy atom. The molecule has 0 radical (unpaired) electrons. The van der Waals surface area contributed by atoms with Gasteiger partial charge >= 0.3 is 11.9 Å². The fourth-order valence-corrected chi connectivity index (χ4v) is 8.54. The van der Waals surface area contributed by atoms with Crippen LogP contribution in [0.5, 0.6) is 0 Å². The first kappa shape index (κ1) is 34.4. The first-order chi connectivity index (χ1) is 21.3. The lowest BCUT2D eigenvalue weighted by Crippen LogP contribution is -2.35. The summed E-state index contributed by atoms with van der Waals surface area (Å²) in [6.07, 6.45) is 2.70. The maximum Gasteiger partial charge on any atom is 0.323 e. The van der Waals surface area contributed by atoms with Gasteiger partial charge in [0.2, 0.25) is 0 Å². The van der Waals surface area contributed by atoms with Gasteiger partial charge in [0.15, 0.2) is 6.29 Å². The molecule has 0 saturated heterocycles. The van der Waals surface area contributed by atoms with Crippen LogP contribution in [-0.2, 0) is 31.0 Å². The van der Waals surface area contributed by atoms with Gasteiger partial charge in [0.05, 0.1) is 25.9 Å². The number of aldehydes is 1. The Kier molecular flexibility index (Phi) is 11.3. The van der Waals surface area contributed by atoms with Gasteiger partial charge < -0.3 is 20.4 Å². The van der Waals surface area contributed by atoms with Crippen molar-refractivity contribution in [3.8, 4) is 0 Å². The molecular weight excluding hydrogens is 683 g/mol. The zero-order valence-corrected chi connectivity index (χ0v) is 27.7. The number of aliphatic carboxylic acids is 2. The summed E-state index contributed by atoms with van der Waals surface area (Å²) in [5.74, 6) is -2.92. The molecule has 0 amide bonds. The smallest absolute Gasteiger partial charge is 0.323 e. The van der Waals surface area contributed by atoms with Gasteiger partial charge in [0, 0.05) is 16.8 Å². The zero-order valence-electron chi connectivity index (χ0n) is 23.6. The Hall–Kier alpha value is -3.48. The van der Waals surface area contributed by atoms with E-state index in [1.165, 1.54) is 11.8 Å². The van der Waals surface area contributed by atoms with Crippen molar-refractivity contribution in [2.45, 2.75) is 31.2 Å². The second-order valence-electron chi connectivity index (χ2n) is 9.53. The highest BCUT2D eigenvalue weighted by Crippen LogP contribution is 2.49. The first-order valence-corrected chi connectivity index (χ1v) is 17.7. The van der Waals surface area contributed by atoms with E-state index < -0.39 is 46.5 Å². The van der Waals surface area contributed by atoms with E-state index in [0.717, 1.165) is 37.3 Å². The molecule has 0 bridgehead atoms. The van der Waals surface area contributed by atoms with Crippen LogP contribution in [0.2, 0.25) is 0 Å². The van der Waals surface area contributed by atoms with Crippen LogP contribution in [0.1, 0.15) is 19.8 Å². The molecule has 0 saturated carbocycles. The average molecular weight is 710 g/mol. The lowest BCUT2D eigenvalue weighted by Gasteiger charge is -2.22. The van der Waals surface area contributed by atoms with Gasteiger partial charge in [-0.2, -0.15) is 8.42 Å². The van der Waals surface area contributed by atoms with Crippen LogP contribution in [0.15, 0.2) is 57.2 Å². The van der Waals surface area contributed by atoms with Crippen molar-refractivity contribution in [1.82, 2.24) is 9.88 Å². The summed E-state index contributed by atoms with van der Waals surface area (Å²) in [4.78, 5) is 51.2. The number of thiocarbonyl (C=S) groups is 1. The Bertz CT molecular complexity index is 2020. The molecule has 0 atom stereocenters. The van der Waals surface area contributed by atoms with E-state index >= 15 is 0 Å². The average Bonchev–Trinajstić information content (AvgIpc) is 3.49. The summed E-state index contributed by atoms with van der Waals surface area (Å²) in [5, 5.41) is 23.5. The monoisotopic (exact) mass is 709 g/mol. The number of carbonyl (C=O) groups is 3. The molecular formula is C28H27N3O9S5. The van der Waals surface area contributed by atoms with E-state index in [1.54, 1.807) is 6.08 Å². The van der Waals surface area contributed by atoms with Crippen molar-refractivity contribution < 1.29 is 37.6 Å². The number of aromatic nitrogens is 1. The molecule has 4 N–H and O–H groups in total. The number of nitrogens with zero attached hydrogens (tertiary/aromatic N) is 2. The molecule has 0 aliphatic carbocycles. The third kappa shape index (κ3) is 8.42. The SMILES string of the molecule is CCC(/C=C1\Sc2ccc3ccccc3c2N1CCCS(=O)(=O)O)=c1\s/c(=C(/C=O)SC(=S)NCC(=O)O)n(CC(=O)O)c1=O. The molecule has 3 aromatic rings. The van der Waals surface area contributed by atoms with Gasteiger partial charge in [0.25, 0.3) is 15.7 Å². The van der Waals surface area contributed by atoms with E-state index in [-0.39, 0.29) is 31.4 Å². The Morgan fingerprint density at radius 1 is 1.13 bits per heavy atom. The van der Waals surface area contributed by atoms with Crippen molar-refractivity contribution in [3.63, 3.8) is 0 Å². The standard InChI is InChI=1S/C28H27N3O9S5/c1-2-16(25-26(37)31(14-23(35)36)27(44-25)20(15-32)43-28(41)29-13-22(33)34)12-21-30(10-5-11-45(38,39)40)24-18-7-4-3-6-17(18)8-9-19(24)42-21/h3-4,6-9,12,15H,2,5,10-11,13-14H2,1H3,(H,29,41)(H,33,34)(H,35,36)(H,38,39,40)/b21-12-,25-16+,27-20-. The van der Waals surface area contributed by atoms with Gasteiger partial charge in [-0.3, -0.25) is 28.3 Å². The largest absolute Gasteiger partial charge is 0.480 e. The zero-order chi connectivity index (χ0) is 32.9. The number of hydrogen-bond acceptors (Lipinski definition) is 11. The minimum atomic E-state index is -4.19. The van der Waals surface area contributed by atoms with E-state index in [2.05, 4.69) is 5.32 Å². The molecule has 17 heteroatoms. The predicted molar refractivity (Wildman–Crippen MR) is 181 cm³/mol. The van der Waals surface area contributed by atoms with E-state index in [1.807, 2.05) is 48.2 Å². The highest BCUT2D eigenvalue weighted by Gasteiger charge is 2.28. The van der Waals surface area contributed by atoms with Crippen LogP contribution in [0.3, 0.4) is 0 Å². The molecule has 0 unspecified atom stereocenters. The van der Waals surface area contributed by atoms with Crippen LogP contribution in [0.4, 0.5) is 5.69 Å². The van der Waals surface area contributed by atoms with Crippen LogP contribution in [0.25, 0.3) is 21.3 Å². The highest BCUT2D eigenvalue weighted by atomic mass is 32.2. The quantitative estimate of drug-likeness (QED) is 0.122. The highest BCUT2D eigenvalue weighted by molar-refractivity contribution is 8.29. The number of fused-ring (bicyclic) bond motifs is 3. The maximum atomic E-state index is 13.7. The number of carboxylic acids is 2. The molecule has 0 fully saturated rings. The summed E-state index contributed by atoms with van der Waals surface area (Å²) in [5.41, 5.74) is 0.789. The molecule has 1 aliphatic rings. The lowest BCUT2D eigenvalue weighted by atomic mass is 10.1. The first-order valence-electron chi connectivity index (χ1n) is 13.3. The minimum Gasteiger partial charge on any atom is -0.480 e. The number of thiazole rings is 1. The number of allylic oxidation sites excluding steroid dienone is 1. The summed E-state index contributed by atoms with van der Waals surface area (Å²) in [6.45, 7) is 0.851. The normalized spacial score (nSPS) is 15.2. The number of rotatable bonds is 12. The van der Waals surface area contributed by atoms with Crippen molar-refractivity contribution in [2.24, 2.45) is 0 Å². The predicted octanol–water partition coefficient (Wildman–Crippen LogP) is 2.44. The third-order valence-electron chi connectivity index (χ3n) is 6.45. The van der Waals surface area contributed by atoms with Crippen molar-refractivity contribution >= 4 is 107 Å². The van der Waals surface area contributed by atoms with Gasteiger partial charge in [-0.05, 0) is 35.9 Å². The number of carbonyl (C=O) groups excluding carboxylic acids is 1. The second-order valence-corrected chi connectivity index (χ2v) is 14.9. The summed E-state index contributed by atoms with van der Waals surface area (Å²) >= 11 is 8.20. The van der Waals surface area contributed by atoms with E-state index in [9.17, 15) is 37.3 Å². The van der Waals surface area contributed by atoms with Crippen LogP contribution >= 0.6 is 47.1 Å². The van der Waals surface area contributed by atoms with Gasteiger partial charge in [0.1, 0.15) is 22.1 Å². The molecule has 45 heavy (non-hydrogen) atoms. The number of nitrogens with one attached hydrogen (secondary N) is 1. The Morgan fingerprint density at radius 3 is 2.51 bits per heavy atom. The number of anilines is 1. The Balaban J connectivity index is 1.90.